The maximum atomic E-state index is 13.8. The van der Waals surface area contributed by atoms with E-state index in [9.17, 15) is 9.18 Å². The number of ether oxygens (including phenoxy) is 1. The topological polar surface area (TPSA) is 59.9 Å². The lowest BCUT2D eigenvalue weighted by molar-refractivity contribution is -0.125. The summed E-state index contributed by atoms with van der Waals surface area (Å²) >= 11 is 3.17. The Labute approximate surface area is 146 Å². The third-order valence-corrected chi connectivity index (χ3v) is 4.06. The van der Waals surface area contributed by atoms with Crippen molar-refractivity contribution in [3.8, 4) is 5.75 Å². The molecule has 2 aromatic rings. The summed E-state index contributed by atoms with van der Waals surface area (Å²) in [6.45, 7) is 0. The molecule has 1 amide bonds. The Hall–Kier alpha value is -2.41. The van der Waals surface area contributed by atoms with Crippen LogP contribution in [-0.4, -0.2) is 24.8 Å². The molecule has 2 aromatic carbocycles. The van der Waals surface area contributed by atoms with Gasteiger partial charge in [0.1, 0.15) is 11.6 Å². The summed E-state index contributed by atoms with van der Waals surface area (Å²) in [6, 6.07) is 11.8. The number of para-hydroxylation sites is 1. The summed E-state index contributed by atoms with van der Waals surface area (Å²) < 4.78 is 19.7. The van der Waals surface area contributed by atoms with Gasteiger partial charge in [-0.1, -0.05) is 33.2 Å². The second-order valence-electron chi connectivity index (χ2n) is 5.15. The molecule has 1 atom stereocenters. The fraction of sp³-hybridized carbons (Fsp3) is 0.176. The number of carbonyl (C=O) groups is 1. The number of anilines is 1. The number of halogens is 2. The van der Waals surface area contributed by atoms with E-state index in [1.807, 2.05) is 24.3 Å². The lowest BCUT2D eigenvalue weighted by atomic mass is 10.0. The zero-order chi connectivity index (χ0) is 17.1. The van der Waals surface area contributed by atoms with Crippen LogP contribution in [0.2, 0.25) is 0 Å². The Morgan fingerprint density at radius 3 is 2.92 bits per heavy atom. The first-order valence-electron chi connectivity index (χ1n) is 7.20. The second-order valence-corrected chi connectivity index (χ2v) is 6.07. The highest BCUT2D eigenvalue weighted by Crippen LogP contribution is 2.26. The predicted molar refractivity (Wildman–Crippen MR) is 91.8 cm³/mol. The van der Waals surface area contributed by atoms with Crippen molar-refractivity contribution in [3.05, 3.63) is 58.3 Å². The zero-order valence-corrected chi connectivity index (χ0v) is 14.3. The van der Waals surface area contributed by atoms with E-state index in [4.69, 9.17) is 9.57 Å². The van der Waals surface area contributed by atoms with Gasteiger partial charge in [-0.2, -0.15) is 0 Å². The first-order chi connectivity index (χ1) is 11.6. The van der Waals surface area contributed by atoms with Crippen LogP contribution >= 0.6 is 15.9 Å². The van der Waals surface area contributed by atoms with Gasteiger partial charge in [-0.25, -0.2) is 4.39 Å². The van der Waals surface area contributed by atoms with Crippen LogP contribution in [0.5, 0.6) is 5.75 Å². The number of rotatable bonds is 4. The molecule has 1 unspecified atom stereocenters. The quantitative estimate of drug-likeness (QED) is 0.862. The summed E-state index contributed by atoms with van der Waals surface area (Å²) in [4.78, 5) is 17.5. The summed E-state index contributed by atoms with van der Waals surface area (Å²) in [6.07, 6.45) is -0.530. The van der Waals surface area contributed by atoms with E-state index >= 15 is 0 Å². The van der Waals surface area contributed by atoms with Crippen molar-refractivity contribution in [2.45, 2.75) is 12.5 Å². The highest BCUT2D eigenvalue weighted by atomic mass is 79.9. The highest BCUT2D eigenvalue weighted by molar-refractivity contribution is 9.10. The van der Waals surface area contributed by atoms with Crippen molar-refractivity contribution in [1.29, 1.82) is 0 Å². The average Bonchev–Trinajstić information content (AvgIpc) is 3.07. The number of methoxy groups -OCH3 is 1. The van der Waals surface area contributed by atoms with E-state index in [0.717, 1.165) is 5.56 Å². The molecule has 0 saturated heterocycles. The molecule has 7 heteroatoms. The average molecular weight is 393 g/mol. The Kier molecular flexibility index (Phi) is 4.80. The van der Waals surface area contributed by atoms with Gasteiger partial charge in [-0.05, 0) is 30.3 Å². The first-order valence-corrected chi connectivity index (χ1v) is 8.00. The molecule has 24 heavy (non-hydrogen) atoms. The van der Waals surface area contributed by atoms with Crippen molar-refractivity contribution in [3.63, 3.8) is 0 Å². The molecule has 1 heterocycles. The first kappa shape index (κ1) is 16.4. The number of hydrogen-bond donors (Lipinski definition) is 1. The van der Waals surface area contributed by atoms with Gasteiger partial charge >= 0.3 is 0 Å². The Balaban J connectivity index is 1.69. The summed E-state index contributed by atoms with van der Waals surface area (Å²) in [5.74, 6) is -0.327. The van der Waals surface area contributed by atoms with Crippen molar-refractivity contribution >= 4 is 33.2 Å². The standard InChI is InChI=1S/C17H14BrFN2O3/c1-23-15-5-3-2-4-11(15)14-9-16(24-21-14)17(22)20-13-7-6-10(18)8-12(13)19/h2-8,16H,9H2,1H3,(H,20,22). The largest absolute Gasteiger partial charge is 0.496 e. The maximum Gasteiger partial charge on any atom is 0.268 e. The van der Waals surface area contributed by atoms with Crippen molar-refractivity contribution in [2.24, 2.45) is 5.16 Å². The molecule has 1 N–H and O–H groups in total. The monoisotopic (exact) mass is 392 g/mol. The fourth-order valence-electron chi connectivity index (χ4n) is 2.36. The van der Waals surface area contributed by atoms with Gasteiger partial charge in [0.05, 0.1) is 18.5 Å². The minimum atomic E-state index is -0.812. The molecule has 0 aliphatic carbocycles. The maximum absolute atomic E-state index is 13.8. The number of nitrogens with zero attached hydrogens (tertiary/aromatic N) is 1. The minimum Gasteiger partial charge on any atom is -0.496 e. The van der Waals surface area contributed by atoms with Crippen LogP contribution in [0.4, 0.5) is 10.1 Å². The van der Waals surface area contributed by atoms with E-state index in [-0.39, 0.29) is 12.1 Å². The van der Waals surface area contributed by atoms with Crippen molar-refractivity contribution < 1.29 is 18.8 Å². The molecular weight excluding hydrogens is 379 g/mol. The third-order valence-electron chi connectivity index (χ3n) is 3.57. The van der Waals surface area contributed by atoms with E-state index in [1.165, 1.54) is 12.1 Å². The van der Waals surface area contributed by atoms with Gasteiger partial charge in [0.2, 0.25) is 6.10 Å². The van der Waals surface area contributed by atoms with Crippen molar-refractivity contribution in [2.75, 3.05) is 12.4 Å². The predicted octanol–water partition coefficient (Wildman–Crippen LogP) is 3.73. The zero-order valence-electron chi connectivity index (χ0n) is 12.8. The Morgan fingerprint density at radius 2 is 2.17 bits per heavy atom. The molecule has 3 rings (SSSR count). The van der Waals surface area contributed by atoms with Crippen LogP contribution in [-0.2, 0) is 9.63 Å². The van der Waals surface area contributed by atoms with E-state index in [1.54, 1.807) is 13.2 Å². The van der Waals surface area contributed by atoms with Crippen LogP contribution in [0.15, 0.2) is 52.1 Å². The SMILES string of the molecule is COc1ccccc1C1=NOC(C(=O)Nc2ccc(Br)cc2F)C1. The van der Waals surface area contributed by atoms with Crippen LogP contribution in [0.1, 0.15) is 12.0 Å². The normalized spacial score (nSPS) is 16.3. The van der Waals surface area contributed by atoms with Gasteiger partial charge < -0.3 is 14.9 Å². The molecule has 0 bridgehead atoms. The van der Waals surface area contributed by atoms with Crippen LogP contribution in [0.25, 0.3) is 0 Å². The Bertz CT molecular complexity index is 810. The smallest absolute Gasteiger partial charge is 0.268 e. The van der Waals surface area contributed by atoms with Gasteiger partial charge in [-0.15, -0.1) is 0 Å². The molecule has 0 spiro atoms. The van der Waals surface area contributed by atoms with Gasteiger partial charge in [-0.3, -0.25) is 4.79 Å². The van der Waals surface area contributed by atoms with E-state index in [0.29, 0.717) is 15.9 Å². The van der Waals surface area contributed by atoms with Gasteiger partial charge in [0.25, 0.3) is 5.91 Å². The van der Waals surface area contributed by atoms with E-state index < -0.39 is 17.8 Å². The molecular formula is C17H14BrFN2O3. The van der Waals surface area contributed by atoms with E-state index in [2.05, 4.69) is 26.4 Å². The number of oxime groups is 1. The van der Waals surface area contributed by atoms with Crippen LogP contribution in [0.3, 0.4) is 0 Å². The van der Waals surface area contributed by atoms with Crippen LogP contribution in [0, 0.1) is 5.82 Å². The summed E-state index contributed by atoms with van der Waals surface area (Å²) in [5.41, 5.74) is 1.48. The second kappa shape index (κ2) is 7.00. The molecule has 0 aromatic heterocycles. The molecule has 0 radical (unpaired) electrons. The van der Waals surface area contributed by atoms with Crippen LogP contribution < -0.4 is 10.1 Å². The lowest BCUT2D eigenvalue weighted by Crippen LogP contribution is -2.28. The van der Waals surface area contributed by atoms with Crippen molar-refractivity contribution in [1.82, 2.24) is 0 Å². The summed E-state index contributed by atoms with van der Waals surface area (Å²) in [7, 11) is 1.57. The molecule has 0 saturated carbocycles. The number of benzene rings is 2. The molecule has 0 fully saturated rings. The lowest BCUT2D eigenvalue weighted by Gasteiger charge is -2.10. The third kappa shape index (κ3) is 3.41. The van der Waals surface area contributed by atoms with Gasteiger partial charge in [0, 0.05) is 16.5 Å². The molecule has 124 valence electrons. The number of hydrogen-bond acceptors (Lipinski definition) is 4. The molecule has 5 nitrogen and oxygen atoms in total. The number of amides is 1. The number of nitrogens with one attached hydrogen (secondary N) is 1. The fourth-order valence-corrected chi connectivity index (χ4v) is 2.70. The highest BCUT2D eigenvalue weighted by Gasteiger charge is 2.30. The minimum absolute atomic E-state index is 0.0949. The van der Waals surface area contributed by atoms with Gasteiger partial charge in [0.15, 0.2) is 0 Å². The molecule has 1 aliphatic heterocycles. The summed E-state index contributed by atoms with van der Waals surface area (Å²) in [5, 5.41) is 6.49. The molecule has 1 aliphatic rings. The number of carbonyl (C=O) groups excluding carboxylic acids is 1. The Morgan fingerprint density at radius 1 is 1.38 bits per heavy atom.